The van der Waals surface area contributed by atoms with E-state index in [2.05, 4.69) is 0 Å². The van der Waals surface area contributed by atoms with E-state index >= 15 is 0 Å². The lowest BCUT2D eigenvalue weighted by Gasteiger charge is -2.10. The third-order valence-corrected chi connectivity index (χ3v) is 3.54. The molecule has 1 rings (SSSR count). The van der Waals surface area contributed by atoms with Gasteiger partial charge in [0.2, 0.25) is 10.0 Å². The van der Waals surface area contributed by atoms with Crippen LogP contribution in [0.3, 0.4) is 0 Å². The quantitative estimate of drug-likeness (QED) is 0.858. The highest BCUT2D eigenvalue weighted by Crippen LogP contribution is 2.24. The van der Waals surface area contributed by atoms with Crippen LogP contribution in [0.4, 0.5) is 0 Å². The summed E-state index contributed by atoms with van der Waals surface area (Å²) in [5, 5.41) is 5.18. The van der Waals surface area contributed by atoms with Crippen molar-refractivity contribution in [1.82, 2.24) is 0 Å². The van der Waals surface area contributed by atoms with Crippen molar-refractivity contribution in [1.29, 1.82) is 0 Å². The van der Waals surface area contributed by atoms with Gasteiger partial charge in [-0.15, -0.1) is 0 Å². The lowest BCUT2D eigenvalue weighted by atomic mass is 10.1. The maximum Gasteiger partial charge on any atom is 0.338 e. The zero-order valence-electron chi connectivity index (χ0n) is 10.1. The van der Waals surface area contributed by atoms with Crippen LogP contribution >= 0.6 is 11.6 Å². The topological polar surface area (TPSA) is 86.5 Å². The maximum absolute atomic E-state index is 11.7. The summed E-state index contributed by atoms with van der Waals surface area (Å²) in [5.41, 5.74) is 0.350. The van der Waals surface area contributed by atoms with Crippen LogP contribution in [-0.4, -0.2) is 21.0 Å². The summed E-state index contributed by atoms with van der Waals surface area (Å²) in [6.07, 6.45) is 0.674. The number of carbonyl (C=O) groups excluding carboxylic acids is 1. The summed E-state index contributed by atoms with van der Waals surface area (Å²) in [4.78, 5) is 11.6. The predicted molar refractivity (Wildman–Crippen MR) is 68.1 cm³/mol. The number of hydrogen-bond acceptors (Lipinski definition) is 4. The molecule has 2 N–H and O–H groups in total. The van der Waals surface area contributed by atoms with Crippen molar-refractivity contribution < 1.29 is 17.9 Å². The number of hydrogen-bond donors (Lipinski definition) is 1. The second-order valence-electron chi connectivity index (χ2n) is 3.76. The van der Waals surface area contributed by atoms with Crippen LogP contribution in [0.25, 0.3) is 0 Å². The standard InChI is InChI=1S/C11H14ClNO4S/c1-3-4-17-11(14)9-5-8(12)6-10(7(9)2)18(13,15)16/h5-6H,3-4H2,1-2H3,(H2,13,15,16). The third kappa shape index (κ3) is 3.44. The van der Waals surface area contributed by atoms with E-state index in [4.69, 9.17) is 21.5 Å². The molecule has 0 atom stereocenters. The van der Waals surface area contributed by atoms with E-state index in [1.807, 2.05) is 6.92 Å². The number of carbonyl (C=O) groups is 1. The van der Waals surface area contributed by atoms with Crippen LogP contribution in [0, 0.1) is 6.92 Å². The lowest BCUT2D eigenvalue weighted by Crippen LogP contribution is -2.16. The van der Waals surface area contributed by atoms with Crippen LogP contribution in [0.5, 0.6) is 0 Å². The number of primary sulfonamides is 1. The summed E-state index contributed by atoms with van der Waals surface area (Å²) in [7, 11) is -3.92. The highest BCUT2D eigenvalue weighted by atomic mass is 35.5. The Kier molecular flexibility index (Phi) is 4.72. The molecule has 0 spiro atoms. The number of rotatable bonds is 4. The molecule has 0 unspecified atom stereocenters. The molecule has 18 heavy (non-hydrogen) atoms. The SMILES string of the molecule is CCCOC(=O)c1cc(Cl)cc(S(N)(=O)=O)c1C. The summed E-state index contributed by atoms with van der Waals surface area (Å²) in [6, 6.07) is 2.58. The average molecular weight is 292 g/mol. The van der Waals surface area contributed by atoms with Crippen molar-refractivity contribution in [3.05, 3.63) is 28.3 Å². The van der Waals surface area contributed by atoms with Gasteiger partial charge in [0.1, 0.15) is 0 Å². The van der Waals surface area contributed by atoms with Crippen LogP contribution in [-0.2, 0) is 14.8 Å². The third-order valence-electron chi connectivity index (χ3n) is 2.29. The Balaban J connectivity index is 3.30. The van der Waals surface area contributed by atoms with Crippen molar-refractivity contribution in [2.24, 2.45) is 5.14 Å². The van der Waals surface area contributed by atoms with Crippen molar-refractivity contribution in [2.75, 3.05) is 6.61 Å². The first-order valence-electron chi connectivity index (χ1n) is 5.27. The second-order valence-corrected chi connectivity index (χ2v) is 5.72. The van der Waals surface area contributed by atoms with E-state index in [1.54, 1.807) is 0 Å². The molecule has 5 nitrogen and oxygen atoms in total. The lowest BCUT2D eigenvalue weighted by molar-refractivity contribution is 0.0504. The van der Waals surface area contributed by atoms with Gasteiger partial charge in [0, 0.05) is 5.02 Å². The molecule has 1 aromatic rings. The second kappa shape index (κ2) is 5.69. The highest BCUT2D eigenvalue weighted by Gasteiger charge is 2.20. The van der Waals surface area contributed by atoms with E-state index in [1.165, 1.54) is 19.1 Å². The first-order chi connectivity index (χ1) is 8.27. The van der Waals surface area contributed by atoms with Gasteiger partial charge in [0.05, 0.1) is 17.1 Å². The van der Waals surface area contributed by atoms with Crippen molar-refractivity contribution in [3.8, 4) is 0 Å². The molecule has 0 fully saturated rings. The monoisotopic (exact) mass is 291 g/mol. The summed E-state index contributed by atoms with van der Waals surface area (Å²) in [5.74, 6) is -0.609. The molecule has 0 bridgehead atoms. The number of halogens is 1. The highest BCUT2D eigenvalue weighted by molar-refractivity contribution is 7.89. The maximum atomic E-state index is 11.7. The number of nitrogens with two attached hydrogens (primary N) is 1. The zero-order chi connectivity index (χ0) is 13.9. The number of ether oxygens (including phenoxy) is 1. The summed E-state index contributed by atoms with van der Waals surface area (Å²) >= 11 is 5.78. The van der Waals surface area contributed by atoms with E-state index in [0.717, 1.165) is 0 Å². The summed E-state index contributed by atoms with van der Waals surface area (Å²) in [6.45, 7) is 3.60. The Labute approximate surface area is 111 Å². The summed E-state index contributed by atoms with van der Waals surface area (Å²) < 4.78 is 27.7. The molecule has 100 valence electrons. The van der Waals surface area contributed by atoms with E-state index < -0.39 is 16.0 Å². The fourth-order valence-electron chi connectivity index (χ4n) is 1.43. The van der Waals surface area contributed by atoms with Crippen molar-refractivity contribution >= 4 is 27.6 Å². The predicted octanol–water partition coefficient (Wildman–Crippen LogP) is 1.86. The van der Waals surface area contributed by atoms with Gasteiger partial charge in [-0.1, -0.05) is 18.5 Å². The average Bonchev–Trinajstić information content (AvgIpc) is 2.27. The molecule has 1 aromatic carbocycles. The first kappa shape index (κ1) is 14.9. The molecule has 0 saturated heterocycles. The minimum absolute atomic E-state index is 0.111. The van der Waals surface area contributed by atoms with Gasteiger partial charge in [0.25, 0.3) is 0 Å². The van der Waals surface area contributed by atoms with Gasteiger partial charge in [-0.2, -0.15) is 0 Å². The fraction of sp³-hybridized carbons (Fsp3) is 0.364. The minimum Gasteiger partial charge on any atom is -0.462 e. The Morgan fingerprint density at radius 3 is 2.56 bits per heavy atom. The van der Waals surface area contributed by atoms with Crippen LogP contribution in [0.1, 0.15) is 29.3 Å². The Hall–Kier alpha value is -1.11. The molecule has 0 aliphatic heterocycles. The molecule has 0 radical (unpaired) electrons. The molecule has 0 heterocycles. The van der Waals surface area contributed by atoms with Gasteiger partial charge >= 0.3 is 5.97 Å². The fourth-order valence-corrected chi connectivity index (χ4v) is 2.54. The first-order valence-corrected chi connectivity index (χ1v) is 7.20. The van der Waals surface area contributed by atoms with Crippen molar-refractivity contribution in [3.63, 3.8) is 0 Å². The molecular weight excluding hydrogens is 278 g/mol. The smallest absolute Gasteiger partial charge is 0.338 e. The van der Waals surface area contributed by atoms with Crippen LogP contribution in [0.2, 0.25) is 5.02 Å². The number of benzene rings is 1. The van der Waals surface area contributed by atoms with Crippen LogP contribution < -0.4 is 5.14 Å². The number of sulfonamides is 1. The largest absolute Gasteiger partial charge is 0.462 e. The van der Waals surface area contributed by atoms with Gasteiger partial charge in [0.15, 0.2) is 0 Å². The Morgan fingerprint density at radius 1 is 1.44 bits per heavy atom. The molecule has 0 aromatic heterocycles. The van der Waals surface area contributed by atoms with Gasteiger partial charge in [-0.05, 0) is 31.0 Å². The molecule has 0 amide bonds. The van der Waals surface area contributed by atoms with E-state index in [-0.39, 0.29) is 27.7 Å². The molecule has 0 saturated carbocycles. The molecule has 0 aliphatic carbocycles. The van der Waals surface area contributed by atoms with Gasteiger partial charge in [-0.25, -0.2) is 18.4 Å². The molecular formula is C11H14ClNO4S. The number of esters is 1. The Bertz CT molecular complexity index is 569. The zero-order valence-corrected chi connectivity index (χ0v) is 11.6. The minimum atomic E-state index is -3.92. The Morgan fingerprint density at radius 2 is 2.06 bits per heavy atom. The van der Waals surface area contributed by atoms with Crippen molar-refractivity contribution in [2.45, 2.75) is 25.2 Å². The van der Waals surface area contributed by atoms with Gasteiger partial charge < -0.3 is 4.74 Å². The van der Waals surface area contributed by atoms with E-state index in [0.29, 0.717) is 6.42 Å². The van der Waals surface area contributed by atoms with Crippen LogP contribution in [0.15, 0.2) is 17.0 Å². The molecule has 7 heteroatoms. The van der Waals surface area contributed by atoms with E-state index in [9.17, 15) is 13.2 Å². The normalized spacial score (nSPS) is 11.3. The van der Waals surface area contributed by atoms with Gasteiger partial charge in [-0.3, -0.25) is 0 Å². The molecule has 0 aliphatic rings.